The smallest absolute Gasteiger partial charge is 0.332 e. The molecule has 10 heteroatoms. The Bertz CT molecular complexity index is 1080. The number of nitrogens with zero attached hydrogens (tertiary/aromatic N) is 1. The highest BCUT2D eigenvalue weighted by Gasteiger charge is 2.33. The molecule has 4 rings (SSSR count). The van der Waals surface area contributed by atoms with Crippen LogP contribution in [0.25, 0.3) is 21.1 Å². The number of rotatable bonds is 6. The van der Waals surface area contributed by atoms with Crippen molar-refractivity contribution in [3.63, 3.8) is 0 Å². The summed E-state index contributed by atoms with van der Waals surface area (Å²) in [7, 11) is 0. The van der Waals surface area contributed by atoms with E-state index in [1.165, 1.54) is 18.2 Å². The molecule has 0 spiro atoms. The van der Waals surface area contributed by atoms with Gasteiger partial charge in [-0.3, -0.25) is 4.79 Å². The number of hydrogen-bond donors (Lipinski definition) is 2. The first-order valence-electron chi connectivity index (χ1n) is 8.68. The number of hydrogen-bond acceptors (Lipinski definition) is 5. The molecule has 4 aromatic rings. The number of thioether (sulfide) groups is 1. The monoisotopic (exact) mass is 465 g/mol. The van der Waals surface area contributed by atoms with Crippen molar-refractivity contribution >= 4 is 46.0 Å². The highest BCUT2D eigenvalue weighted by atomic mass is 32.2. The number of nitrogens with one attached hydrogen (secondary N) is 2. The van der Waals surface area contributed by atoms with E-state index in [1.54, 1.807) is 22.7 Å². The van der Waals surface area contributed by atoms with E-state index in [1.807, 2.05) is 35.0 Å². The third kappa shape index (κ3) is 4.61. The van der Waals surface area contributed by atoms with Crippen molar-refractivity contribution in [2.75, 3.05) is 11.1 Å². The highest BCUT2D eigenvalue weighted by Crippen LogP contribution is 2.37. The van der Waals surface area contributed by atoms with Crippen molar-refractivity contribution in [2.45, 2.75) is 11.3 Å². The van der Waals surface area contributed by atoms with E-state index < -0.39 is 17.6 Å². The number of anilines is 1. The van der Waals surface area contributed by atoms with Gasteiger partial charge in [0, 0.05) is 0 Å². The molecule has 3 heterocycles. The van der Waals surface area contributed by atoms with Gasteiger partial charge in [0.2, 0.25) is 5.91 Å². The number of imidazole rings is 1. The lowest BCUT2D eigenvalue weighted by Gasteiger charge is -2.13. The van der Waals surface area contributed by atoms with Crippen LogP contribution in [0.15, 0.2) is 64.4 Å². The molecule has 0 aliphatic heterocycles. The lowest BCUT2D eigenvalue weighted by atomic mass is 10.1. The Morgan fingerprint density at radius 2 is 1.73 bits per heavy atom. The topological polar surface area (TPSA) is 57.8 Å². The van der Waals surface area contributed by atoms with Gasteiger partial charge in [0.15, 0.2) is 5.16 Å². The number of thiophene rings is 2. The van der Waals surface area contributed by atoms with Gasteiger partial charge in [0.05, 0.1) is 32.5 Å². The molecule has 0 saturated heterocycles. The Morgan fingerprint density at radius 1 is 1.03 bits per heavy atom. The van der Waals surface area contributed by atoms with Crippen LogP contribution in [0.4, 0.5) is 18.9 Å². The van der Waals surface area contributed by atoms with Crippen LogP contribution in [0, 0.1) is 0 Å². The minimum atomic E-state index is -4.54. The SMILES string of the molecule is O=C(CSc1nc(-c2cccs2)c(-c2cccs2)[nH]1)Nc1ccccc1C(F)(F)F. The largest absolute Gasteiger partial charge is 0.418 e. The zero-order valence-electron chi connectivity index (χ0n) is 15.2. The maximum Gasteiger partial charge on any atom is 0.418 e. The Kier molecular flexibility index (Phi) is 5.98. The van der Waals surface area contributed by atoms with E-state index in [0.717, 1.165) is 39.0 Å². The lowest BCUT2D eigenvalue weighted by molar-refractivity contribution is -0.137. The summed E-state index contributed by atoms with van der Waals surface area (Å²) < 4.78 is 39.3. The van der Waals surface area contributed by atoms with E-state index in [-0.39, 0.29) is 11.4 Å². The molecular weight excluding hydrogens is 451 g/mol. The Morgan fingerprint density at radius 3 is 2.40 bits per heavy atom. The summed E-state index contributed by atoms with van der Waals surface area (Å²) >= 11 is 4.27. The van der Waals surface area contributed by atoms with Crippen LogP contribution in [-0.2, 0) is 11.0 Å². The third-order valence-electron chi connectivity index (χ3n) is 4.05. The number of H-pyrrole nitrogens is 1. The fourth-order valence-corrected chi connectivity index (χ4v) is 4.89. The van der Waals surface area contributed by atoms with Crippen molar-refractivity contribution in [1.82, 2.24) is 9.97 Å². The molecule has 0 bridgehead atoms. The van der Waals surface area contributed by atoms with Gasteiger partial charge in [-0.05, 0) is 35.0 Å². The molecular formula is C20H14F3N3OS3. The number of amides is 1. The molecule has 0 saturated carbocycles. The van der Waals surface area contributed by atoms with Gasteiger partial charge in [-0.1, -0.05) is 36.0 Å². The quantitative estimate of drug-likeness (QED) is 0.315. The minimum Gasteiger partial charge on any atom is -0.332 e. The van der Waals surface area contributed by atoms with E-state index in [9.17, 15) is 18.0 Å². The first-order chi connectivity index (χ1) is 14.4. The van der Waals surface area contributed by atoms with Crippen LogP contribution < -0.4 is 5.32 Å². The molecule has 0 aliphatic carbocycles. The maximum atomic E-state index is 13.1. The van der Waals surface area contributed by atoms with Crippen molar-refractivity contribution in [3.8, 4) is 21.1 Å². The Balaban J connectivity index is 1.50. The standard InChI is InChI=1S/C20H14F3N3OS3/c21-20(22,23)12-5-1-2-6-13(12)24-16(27)11-30-19-25-17(14-7-3-9-28-14)18(26-19)15-8-4-10-29-15/h1-10H,11H2,(H,24,27)(H,25,26). The number of benzene rings is 1. The average molecular weight is 466 g/mol. The molecule has 0 radical (unpaired) electrons. The molecule has 0 atom stereocenters. The molecule has 1 amide bonds. The van der Waals surface area contributed by atoms with Crippen LogP contribution in [-0.4, -0.2) is 21.6 Å². The second-order valence-corrected chi connectivity index (χ2v) is 8.96. The highest BCUT2D eigenvalue weighted by molar-refractivity contribution is 7.99. The van der Waals surface area contributed by atoms with Gasteiger partial charge in [0.1, 0.15) is 5.69 Å². The maximum absolute atomic E-state index is 13.1. The van der Waals surface area contributed by atoms with E-state index in [4.69, 9.17) is 0 Å². The van der Waals surface area contributed by atoms with Crippen LogP contribution in [0.1, 0.15) is 5.56 Å². The fraction of sp³-hybridized carbons (Fsp3) is 0.100. The van der Waals surface area contributed by atoms with Crippen LogP contribution >= 0.6 is 34.4 Å². The van der Waals surface area contributed by atoms with Gasteiger partial charge in [-0.2, -0.15) is 13.2 Å². The molecule has 30 heavy (non-hydrogen) atoms. The van der Waals surface area contributed by atoms with E-state index in [2.05, 4.69) is 15.3 Å². The van der Waals surface area contributed by atoms with E-state index in [0.29, 0.717) is 5.16 Å². The predicted molar refractivity (Wildman–Crippen MR) is 116 cm³/mol. The third-order valence-corrected chi connectivity index (χ3v) is 6.69. The van der Waals surface area contributed by atoms with Gasteiger partial charge >= 0.3 is 6.18 Å². The fourth-order valence-electron chi connectivity index (χ4n) is 2.77. The first kappa shape index (κ1) is 20.7. The number of aromatic amines is 1. The second-order valence-electron chi connectivity index (χ2n) is 6.10. The average Bonchev–Trinajstić information content (AvgIpc) is 3.46. The van der Waals surface area contributed by atoms with Crippen molar-refractivity contribution in [3.05, 3.63) is 64.9 Å². The summed E-state index contributed by atoms with van der Waals surface area (Å²) in [6.45, 7) is 0. The second kappa shape index (κ2) is 8.66. The van der Waals surface area contributed by atoms with Crippen molar-refractivity contribution < 1.29 is 18.0 Å². The molecule has 0 fully saturated rings. The Labute approximate surface area is 182 Å². The summed E-state index contributed by atoms with van der Waals surface area (Å²) in [6.07, 6.45) is -4.54. The molecule has 154 valence electrons. The summed E-state index contributed by atoms with van der Waals surface area (Å²) in [4.78, 5) is 22.1. The van der Waals surface area contributed by atoms with Crippen LogP contribution in [0.5, 0.6) is 0 Å². The van der Waals surface area contributed by atoms with Gasteiger partial charge in [0.25, 0.3) is 0 Å². The van der Waals surface area contributed by atoms with Crippen LogP contribution in [0.2, 0.25) is 0 Å². The number of carbonyl (C=O) groups excluding carboxylic acids is 1. The van der Waals surface area contributed by atoms with E-state index >= 15 is 0 Å². The van der Waals surface area contributed by atoms with Crippen LogP contribution in [0.3, 0.4) is 0 Å². The number of aromatic nitrogens is 2. The first-order valence-corrected chi connectivity index (χ1v) is 11.4. The summed E-state index contributed by atoms with van der Waals surface area (Å²) in [5.41, 5.74) is 0.519. The summed E-state index contributed by atoms with van der Waals surface area (Å²) in [5, 5.41) is 6.80. The van der Waals surface area contributed by atoms with Gasteiger partial charge in [-0.15, -0.1) is 22.7 Å². The van der Waals surface area contributed by atoms with Gasteiger partial charge < -0.3 is 10.3 Å². The number of alkyl halides is 3. The number of halogens is 3. The zero-order valence-corrected chi connectivity index (χ0v) is 17.6. The van der Waals surface area contributed by atoms with Crippen molar-refractivity contribution in [1.29, 1.82) is 0 Å². The number of carbonyl (C=O) groups is 1. The molecule has 0 unspecified atom stereocenters. The predicted octanol–water partition coefficient (Wildman–Crippen LogP) is 6.62. The summed E-state index contributed by atoms with van der Waals surface area (Å²) in [5.74, 6) is -0.614. The molecule has 2 N–H and O–H groups in total. The summed E-state index contributed by atoms with van der Waals surface area (Å²) in [6, 6.07) is 12.7. The lowest BCUT2D eigenvalue weighted by Crippen LogP contribution is -2.18. The van der Waals surface area contributed by atoms with Crippen molar-refractivity contribution in [2.24, 2.45) is 0 Å². The molecule has 4 nitrogen and oxygen atoms in total. The molecule has 0 aliphatic rings. The minimum absolute atomic E-state index is 0.0759. The normalized spacial score (nSPS) is 11.6. The molecule has 3 aromatic heterocycles. The zero-order chi connectivity index (χ0) is 21.1. The number of para-hydroxylation sites is 1. The van der Waals surface area contributed by atoms with Gasteiger partial charge in [-0.25, -0.2) is 4.98 Å². The molecule has 1 aromatic carbocycles. The Hall–Kier alpha value is -2.56.